The molecule has 1 unspecified atom stereocenters. The van der Waals surface area contributed by atoms with Gasteiger partial charge in [0.15, 0.2) is 0 Å². The van der Waals surface area contributed by atoms with Gasteiger partial charge in [-0.2, -0.15) is 5.10 Å². The number of anilines is 1. The molecule has 3 rings (SSSR count). The van der Waals surface area contributed by atoms with Crippen molar-refractivity contribution >= 4 is 11.9 Å². The predicted molar refractivity (Wildman–Crippen MR) is 70.2 cm³/mol. The van der Waals surface area contributed by atoms with E-state index in [4.69, 9.17) is 4.42 Å². The molecule has 2 N–H and O–H groups in total. The van der Waals surface area contributed by atoms with Crippen LogP contribution in [0.5, 0.6) is 0 Å². The second-order valence-corrected chi connectivity index (χ2v) is 4.85. The average molecular weight is 276 g/mol. The van der Waals surface area contributed by atoms with Gasteiger partial charge in [-0.1, -0.05) is 5.10 Å². The van der Waals surface area contributed by atoms with Gasteiger partial charge in [0.2, 0.25) is 5.89 Å². The molecule has 0 aromatic carbocycles. The maximum Gasteiger partial charge on any atom is 0.322 e. The Morgan fingerprint density at radius 3 is 3.05 bits per heavy atom. The molecule has 0 aliphatic carbocycles. The zero-order valence-corrected chi connectivity index (χ0v) is 11.4. The van der Waals surface area contributed by atoms with E-state index in [1.54, 1.807) is 24.9 Å². The van der Waals surface area contributed by atoms with Crippen molar-refractivity contribution in [3.8, 4) is 0 Å². The van der Waals surface area contributed by atoms with Crippen molar-refractivity contribution in [3.05, 3.63) is 23.3 Å². The molecule has 1 saturated heterocycles. The number of carbonyl (C=O) groups is 1. The van der Waals surface area contributed by atoms with Gasteiger partial charge < -0.3 is 9.73 Å². The van der Waals surface area contributed by atoms with E-state index in [0.29, 0.717) is 17.1 Å². The normalized spacial score (nSPS) is 18.4. The number of hydrogen-bond acceptors (Lipinski definition) is 6. The maximum absolute atomic E-state index is 12.1. The van der Waals surface area contributed by atoms with Crippen molar-refractivity contribution in [1.29, 1.82) is 0 Å². The lowest BCUT2D eigenvalue weighted by Crippen LogP contribution is -2.13. The number of carbonyl (C=O) groups excluding carboxylic acids is 1. The molecule has 1 aliphatic heterocycles. The van der Waals surface area contributed by atoms with E-state index >= 15 is 0 Å². The summed E-state index contributed by atoms with van der Waals surface area (Å²) in [6.45, 7) is 2.72. The van der Waals surface area contributed by atoms with Crippen molar-refractivity contribution in [2.24, 2.45) is 7.05 Å². The molecule has 8 nitrogen and oxygen atoms in total. The summed E-state index contributed by atoms with van der Waals surface area (Å²) >= 11 is 0. The number of nitrogens with zero attached hydrogens (tertiary/aromatic N) is 4. The van der Waals surface area contributed by atoms with Crippen LogP contribution < -0.4 is 10.6 Å². The van der Waals surface area contributed by atoms with Gasteiger partial charge >= 0.3 is 6.01 Å². The van der Waals surface area contributed by atoms with Crippen molar-refractivity contribution in [2.45, 2.75) is 25.8 Å². The van der Waals surface area contributed by atoms with Crippen LogP contribution in [0, 0.1) is 6.92 Å². The number of rotatable bonds is 3. The van der Waals surface area contributed by atoms with E-state index in [2.05, 4.69) is 25.9 Å². The van der Waals surface area contributed by atoms with Crippen LogP contribution in [0.25, 0.3) is 0 Å². The first-order valence-corrected chi connectivity index (χ1v) is 6.52. The first kappa shape index (κ1) is 12.8. The van der Waals surface area contributed by atoms with Crippen molar-refractivity contribution < 1.29 is 9.21 Å². The minimum absolute atomic E-state index is 0.0910. The number of aryl methyl sites for hydroxylation is 2. The second-order valence-electron chi connectivity index (χ2n) is 4.85. The molecule has 1 atom stereocenters. The lowest BCUT2D eigenvalue weighted by atomic mass is 10.2. The Balaban J connectivity index is 1.71. The fourth-order valence-corrected chi connectivity index (χ4v) is 2.31. The lowest BCUT2D eigenvalue weighted by molar-refractivity contribution is 0.102. The van der Waals surface area contributed by atoms with Crippen LogP contribution in [0.3, 0.4) is 0 Å². The smallest absolute Gasteiger partial charge is 0.322 e. The van der Waals surface area contributed by atoms with E-state index in [1.807, 2.05) is 0 Å². The van der Waals surface area contributed by atoms with Gasteiger partial charge in [-0.15, -0.1) is 5.10 Å². The van der Waals surface area contributed by atoms with Gasteiger partial charge in [-0.05, 0) is 26.3 Å². The van der Waals surface area contributed by atoms with Gasteiger partial charge in [0.05, 0.1) is 17.3 Å². The number of nitrogens with one attached hydrogen (secondary N) is 2. The summed E-state index contributed by atoms with van der Waals surface area (Å²) in [6, 6.07) is 0.204. The SMILES string of the molecule is Cc1nn(C)cc1C(=O)Nc1nnc(C2CCCN2)o1. The van der Waals surface area contributed by atoms with E-state index in [9.17, 15) is 4.79 Å². The molecule has 0 saturated carbocycles. The number of aromatic nitrogens is 4. The Bertz CT molecular complexity index is 626. The molecular formula is C12H16N6O2. The fourth-order valence-electron chi connectivity index (χ4n) is 2.31. The van der Waals surface area contributed by atoms with Crippen LogP contribution in [-0.4, -0.2) is 32.4 Å². The molecule has 8 heteroatoms. The van der Waals surface area contributed by atoms with Gasteiger partial charge in [0.25, 0.3) is 5.91 Å². The lowest BCUT2D eigenvalue weighted by Gasteiger charge is -2.02. The standard InChI is InChI=1S/C12H16N6O2/c1-7-8(6-18(2)17-7)10(19)14-12-16-15-11(20-12)9-4-3-5-13-9/h6,9,13H,3-5H2,1-2H3,(H,14,16,19). The van der Waals surface area contributed by atoms with E-state index < -0.39 is 0 Å². The molecular weight excluding hydrogens is 260 g/mol. The molecule has 1 fully saturated rings. The highest BCUT2D eigenvalue weighted by molar-refractivity contribution is 6.03. The van der Waals surface area contributed by atoms with Crippen LogP contribution in [0.15, 0.2) is 10.6 Å². The Morgan fingerprint density at radius 2 is 2.40 bits per heavy atom. The van der Waals surface area contributed by atoms with Gasteiger partial charge in [-0.3, -0.25) is 14.8 Å². The third kappa shape index (κ3) is 2.42. The predicted octanol–water partition coefficient (Wildman–Crippen LogP) is 0.788. The molecule has 0 bridgehead atoms. The first-order chi connectivity index (χ1) is 9.63. The molecule has 3 heterocycles. The summed E-state index contributed by atoms with van der Waals surface area (Å²) < 4.78 is 7.05. The van der Waals surface area contributed by atoms with Crippen LogP contribution in [0.1, 0.15) is 40.8 Å². The molecule has 2 aromatic heterocycles. The van der Waals surface area contributed by atoms with Gasteiger partial charge in [0, 0.05) is 13.2 Å². The minimum Gasteiger partial charge on any atom is -0.406 e. The average Bonchev–Trinajstić information content (AvgIpc) is 3.09. The Kier molecular flexibility index (Phi) is 3.23. The quantitative estimate of drug-likeness (QED) is 0.860. The third-order valence-electron chi connectivity index (χ3n) is 3.28. The van der Waals surface area contributed by atoms with Gasteiger partial charge in [0.1, 0.15) is 0 Å². The molecule has 0 radical (unpaired) electrons. The van der Waals surface area contributed by atoms with Crippen LogP contribution in [0.2, 0.25) is 0 Å². The van der Waals surface area contributed by atoms with Crippen LogP contribution >= 0.6 is 0 Å². The Morgan fingerprint density at radius 1 is 1.55 bits per heavy atom. The Labute approximate surface area is 115 Å². The van der Waals surface area contributed by atoms with Crippen LogP contribution in [0.4, 0.5) is 6.01 Å². The monoisotopic (exact) mass is 276 g/mol. The zero-order valence-electron chi connectivity index (χ0n) is 11.4. The molecule has 20 heavy (non-hydrogen) atoms. The summed E-state index contributed by atoms with van der Waals surface area (Å²) in [5, 5.41) is 17.8. The maximum atomic E-state index is 12.1. The van der Waals surface area contributed by atoms with E-state index in [0.717, 1.165) is 19.4 Å². The minimum atomic E-state index is -0.301. The second kappa shape index (κ2) is 5.04. The number of amides is 1. The van der Waals surface area contributed by atoms with Gasteiger partial charge in [-0.25, -0.2) is 0 Å². The fraction of sp³-hybridized carbons (Fsp3) is 0.500. The molecule has 106 valence electrons. The van der Waals surface area contributed by atoms with Crippen LogP contribution in [-0.2, 0) is 7.05 Å². The summed E-state index contributed by atoms with van der Waals surface area (Å²) in [5.74, 6) is 0.214. The molecule has 1 amide bonds. The van der Waals surface area contributed by atoms with Crippen molar-refractivity contribution in [1.82, 2.24) is 25.3 Å². The topological polar surface area (TPSA) is 97.9 Å². The molecule has 0 spiro atoms. The summed E-state index contributed by atoms with van der Waals surface area (Å²) in [6.07, 6.45) is 3.71. The summed E-state index contributed by atoms with van der Waals surface area (Å²) in [7, 11) is 1.76. The molecule has 1 aliphatic rings. The zero-order chi connectivity index (χ0) is 14.1. The summed E-state index contributed by atoms with van der Waals surface area (Å²) in [5.41, 5.74) is 1.15. The largest absolute Gasteiger partial charge is 0.406 e. The van der Waals surface area contributed by atoms with E-state index in [-0.39, 0.29) is 18.0 Å². The highest BCUT2D eigenvalue weighted by atomic mass is 16.4. The van der Waals surface area contributed by atoms with Crippen molar-refractivity contribution in [3.63, 3.8) is 0 Å². The number of hydrogen-bond donors (Lipinski definition) is 2. The first-order valence-electron chi connectivity index (χ1n) is 6.52. The highest BCUT2D eigenvalue weighted by Gasteiger charge is 2.23. The third-order valence-corrected chi connectivity index (χ3v) is 3.28. The van der Waals surface area contributed by atoms with Crippen molar-refractivity contribution in [2.75, 3.05) is 11.9 Å². The molecule has 2 aromatic rings. The highest BCUT2D eigenvalue weighted by Crippen LogP contribution is 2.23. The Hall–Kier alpha value is -2.22. The van der Waals surface area contributed by atoms with E-state index in [1.165, 1.54) is 0 Å². The summed E-state index contributed by atoms with van der Waals surface area (Å²) in [4.78, 5) is 12.1.